The van der Waals surface area contributed by atoms with Crippen molar-refractivity contribution in [2.75, 3.05) is 0 Å². The summed E-state index contributed by atoms with van der Waals surface area (Å²) >= 11 is 0. The average molecular weight is 291 g/mol. The molecule has 3 saturated carbocycles. The van der Waals surface area contributed by atoms with Crippen LogP contribution in [0.2, 0.25) is 0 Å². The van der Waals surface area contributed by atoms with Crippen LogP contribution in [-0.4, -0.2) is 0 Å². The van der Waals surface area contributed by atoms with E-state index in [1.165, 1.54) is 12.8 Å². The Bertz CT molecular complexity index is 466. The molecule has 3 fully saturated rings. The lowest BCUT2D eigenvalue weighted by Crippen LogP contribution is -2.97. The fourth-order valence-electron chi connectivity index (χ4n) is 9.14. The van der Waals surface area contributed by atoms with Gasteiger partial charge in [-0.2, -0.15) is 0 Å². The maximum atomic E-state index is 2.67. The number of hydrogen-bond acceptors (Lipinski definition) is 0. The molecule has 21 heavy (non-hydrogen) atoms. The van der Waals surface area contributed by atoms with E-state index in [4.69, 9.17) is 0 Å². The standard InChI is InChI=1S/C21H38/c1-11-13(2)12-17(6)16(5)20(9)18(7)14(3)15(4)19(18,8)21(17,20)10/h13-16H,11-12H2,1-10H3. The highest BCUT2D eigenvalue weighted by Gasteiger charge is 2.97. The molecule has 0 heteroatoms. The van der Waals surface area contributed by atoms with Crippen LogP contribution in [0.15, 0.2) is 0 Å². The van der Waals surface area contributed by atoms with Gasteiger partial charge in [0.2, 0.25) is 0 Å². The maximum Gasteiger partial charge on any atom is -0.0145 e. The van der Waals surface area contributed by atoms with Crippen molar-refractivity contribution < 1.29 is 0 Å². The van der Waals surface area contributed by atoms with E-state index in [0.29, 0.717) is 27.1 Å². The molecule has 0 saturated heterocycles. The van der Waals surface area contributed by atoms with Gasteiger partial charge < -0.3 is 0 Å². The molecule has 0 aromatic rings. The smallest absolute Gasteiger partial charge is 0.0145 e. The summed E-state index contributed by atoms with van der Waals surface area (Å²) in [4.78, 5) is 0. The molecule has 3 aliphatic rings. The van der Waals surface area contributed by atoms with Gasteiger partial charge >= 0.3 is 0 Å². The Hall–Kier alpha value is 0. The van der Waals surface area contributed by atoms with Crippen molar-refractivity contribution in [2.45, 2.75) is 82.1 Å². The summed E-state index contributed by atoms with van der Waals surface area (Å²) in [6.45, 7) is 25.6. The van der Waals surface area contributed by atoms with Gasteiger partial charge in [-0.3, -0.25) is 0 Å². The Morgan fingerprint density at radius 3 is 1.76 bits per heavy atom. The first-order valence-corrected chi connectivity index (χ1v) is 9.42. The monoisotopic (exact) mass is 290 g/mol. The van der Waals surface area contributed by atoms with E-state index >= 15 is 0 Å². The lowest BCUT2D eigenvalue weighted by atomic mass is 9.03. The van der Waals surface area contributed by atoms with Crippen molar-refractivity contribution in [3.05, 3.63) is 0 Å². The Morgan fingerprint density at radius 1 is 0.810 bits per heavy atom. The van der Waals surface area contributed by atoms with Gasteiger partial charge in [-0.15, -0.1) is 0 Å². The third-order valence-corrected chi connectivity index (χ3v) is 11.2. The van der Waals surface area contributed by atoms with Crippen LogP contribution in [0.3, 0.4) is 0 Å². The van der Waals surface area contributed by atoms with Crippen molar-refractivity contribution >= 4 is 0 Å². The van der Waals surface area contributed by atoms with E-state index < -0.39 is 0 Å². The highest BCUT2D eigenvalue weighted by atomic mass is 15.0. The van der Waals surface area contributed by atoms with Crippen LogP contribution in [0.1, 0.15) is 82.1 Å². The summed E-state index contributed by atoms with van der Waals surface area (Å²) in [5.41, 5.74) is 2.70. The van der Waals surface area contributed by atoms with Crippen LogP contribution in [0.25, 0.3) is 0 Å². The van der Waals surface area contributed by atoms with Crippen molar-refractivity contribution in [1.29, 1.82) is 0 Å². The van der Waals surface area contributed by atoms with Crippen LogP contribution in [-0.2, 0) is 0 Å². The van der Waals surface area contributed by atoms with Crippen LogP contribution in [0.4, 0.5) is 0 Å². The normalized spacial score (nSPS) is 66.3. The highest BCUT2D eigenvalue weighted by Crippen LogP contribution is 3.01. The van der Waals surface area contributed by atoms with Gasteiger partial charge in [0.05, 0.1) is 0 Å². The molecule has 0 amide bonds. The first-order valence-electron chi connectivity index (χ1n) is 9.42. The summed E-state index contributed by atoms with van der Waals surface area (Å²) < 4.78 is 0. The molecule has 0 radical (unpaired) electrons. The summed E-state index contributed by atoms with van der Waals surface area (Å²) in [7, 11) is 0. The van der Waals surface area contributed by atoms with Gasteiger partial charge in [0.15, 0.2) is 0 Å². The van der Waals surface area contributed by atoms with Crippen LogP contribution >= 0.6 is 0 Å². The SMILES string of the molecule is CCC(C)CC1(C)C(C)C2(C)C3(C)C(C)C(C)C3(C)C12C. The molecule has 0 bridgehead atoms. The number of rotatable bonds is 3. The zero-order chi connectivity index (χ0) is 16.2. The highest BCUT2D eigenvalue weighted by molar-refractivity contribution is 5.44. The van der Waals surface area contributed by atoms with Gasteiger partial charge in [-0.1, -0.05) is 75.7 Å². The minimum Gasteiger partial charge on any atom is -0.0651 e. The molecule has 9 unspecified atom stereocenters. The molecule has 0 heterocycles. The second-order valence-corrected chi connectivity index (χ2v) is 10.2. The van der Waals surface area contributed by atoms with Crippen molar-refractivity contribution in [2.24, 2.45) is 50.7 Å². The molecule has 0 aliphatic heterocycles. The molecule has 0 nitrogen and oxygen atoms in total. The van der Waals surface area contributed by atoms with Gasteiger partial charge in [-0.25, -0.2) is 0 Å². The lowest BCUT2D eigenvalue weighted by Gasteiger charge is -3.01. The van der Waals surface area contributed by atoms with Crippen LogP contribution in [0, 0.1) is 50.7 Å². The molecular weight excluding hydrogens is 252 g/mol. The summed E-state index contributed by atoms with van der Waals surface area (Å²) in [6, 6.07) is 0. The van der Waals surface area contributed by atoms with E-state index in [1.54, 1.807) is 0 Å². The van der Waals surface area contributed by atoms with Gasteiger partial charge in [0, 0.05) is 0 Å². The summed E-state index contributed by atoms with van der Waals surface area (Å²) in [6.07, 6.45) is 2.75. The minimum atomic E-state index is 0.524. The summed E-state index contributed by atoms with van der Waals surface area (Å²) in [5, 5.41) is 0. The minimum absolute atomic E-state index is 0.524. The fourth-order valence-corrected chi connectivity index (χ4v) is 9.14. The Labute approximate surface area is 133 Å². The fraction of sp³-hybridized carbons (Fsp3) is 1.00. The third-order valence-electron chi connectivity index (χ3n) is 11.2. The van der Waals surface area contributed by atoms with E-state index in [0.717, 1.165) is 23.7 Å². The second kappa shape index (κ2) is 3.73. The molecule has 0 N–H and O–H groups in total. The predicted molar refractivity (Wildman–Crippen MR) is 92.1 cm³/mol. The van der Waals surface area contributed by atoms with E-state index in [9.17, 15) is 0 Å². The number of fused-ring (bicyclic) bond motifs is 4. The lowest BCUT2D eigenvalue weighted by molar-refractivity contribution is -0.543. The third kappa shape index (κ3) is 1.01. The molecule has 0 aromatic carbocycles. The molecule has 0 spiro atoms. The van der Waals surface area contributed by atoms with Crippen molar-refractivity contribution in [3.63, 3.8) is 0 Å². The summed E-state index contributed by atoms with van der Waals surface area (Å²) in [5.74, 6) is 3.49. The first kappa shape index (κ1) is 15.9. The van der Waals surface area contributed by atoms with E-state index in [-0.39, 0.29) is 0 Å². The van der Waals surface area contributed by atoms with Crippen molar-refractivity contribution in [1.82, 2.24) is 0 Å². The van der Waals surface area contributed by atoms with Crippen LogP contribution < -0.4 is 0 Å². The quantitative estimate of drug-likeness (QED) is 0.564. The van der Waals surface area contributed by atoms with Gasteiger partial charge in [0.25, 0.3) is 0 Å². The van der Waals surface area contributed by atoms with Crippen molar-refractivity contribution in [3.8, 4) is 0 Å². The Balaban J connectivity index is 2.06. The Kier molecular flexibility index (Phi) is 2.82. The maximum absolute atomic E-state index is 2.67. The first-order chi connectivity index (χ1) is 9.42. The Morgan fingerprint density at radius 2 is 1.29 bits per heavy atom. The zero-order valence-corrected chi connectivity index (χ0v) is 16.2. The molecule has 122 valence electrons. The predicted octanol–water partition coefficient (Wildman–Crippen LogP) is 6.40. The zero-order valence-electron chi connectivity index (χ0n) is 16.2. The average Bonchev–Trinajstić information content (AvgIpc) is 2.48. The van der Waals surface area contributed by atoms with Gasteiger partial charge in [-0.05, 0) is 57.2 Å². The topological polar surface area (TPSA) is 0 Å². The van der Waals surface area contributed by atoms with Gasteiger partial charge in [0.1, 0.15) is 0 Å². The largest absolute Gasteiger partial charge is 0.0651 e. The second-order valence-electron chi connectivity index (χ2n) is 10.2. The number of hydrogen-bond donors (Lipinski definition) is 0. The van der Waals surface area contributed by atoms with E-state index in [1.807, 2.05) is 0 Å². The molecule has 3 aliphatic carbocycles. The molecular formula is C21H38. The molecule has 9 atom stereocenters. The molecule has 3 rings (SSSR count). The molecule has 0 aromatic heterocycles. The van der Waals surface area contributed by atoms with E-state index in [2.05, 4.69) is 69.2 Å². The van der Waals surface area contributed by atoms with Crippen LogP contribution in [0.5, 0.6) is 0 Å².